The summed E-state index contributed by atoms with van der Waals surface area (Å²) < 4.78 is 19.5. The van der Waals surface area contributed by atoms with Crippen LogP contribution in [0, 0.1) is 11.7 Å². The lowest BCUT2D eigenvalue weighted by Crippen LogP contribution is -2.41. The normalized spacial score (nSPS) is 18.7. The van der Waals surface area contributed by atoms with Gasteiger partial charge in [0, 0.05) is 30.6 Å². The van der Waals surface area contributed by atoms with Crippen LogP contribution in [0.2, 0.25) is 5.02 Å². The average molecular weight is 431 g/mol. The number of hydrogen-bond acceptors (Lipinski definition) is 3. The summed E-state index contributed by atoms with van der Waals surface area (Å²) in [5.74, 6) is -0.0356. The summed E-state index contributed by atoms with van der Waals surface area (Å²) in [4.78, 5) is 26.7. The van der Waals surface area contributed by atoms with E-state index in [1.807, 2.05) is 6.07 Å². The number of nitrogens with one attached hydrogen (secondary N) is 1. The van der Waals surface area contributed by atoms with Crippen LogP contribution in [0.1, 0.15) is 46.4 Å². The highest BCUT2D eigenvalue weighted by Crippen LogP contribution is 2.25. The molecule has 5 nitrogen and oxygen atoms in total. The fraction of sp³-hybridized carbons (Fsp3) is 0.391. The van der Waals surface area contributed by atoms with Crippen molar-refractivity contribution in [2.24, 2.45) is 5.92 Å². The number of amides is 2. The van der Waals surface area contributed by atoms with Gasteiger partial charge in [-0.25, -0.2) is 4.39 Å². The van der Waals surface area contributed by atoms with Crippen molar-refractivity contribution in [3.05, 3.63) is 64.4 Å². The Bertz CT molecular complexity index is 948. The number of rotatable bonds is 6. The van der Waals surface area contributed by atoms with E-state index in [1.165, 1.54) is 18.2 Å². The van der Waals surface area contributed by atoms with Crippen LogP contribution >= 0.6 is 11.6 Å². The Kier molecular flexibility index (Phi) is 6.23. The Balaban J connectivity index is 1.34. The number of halogens is 2. The summed E-state index contributed by atoms with van der Waals surface area (Å²) in [7, 11) is 0. The van der Waals surface area contributed by atoms with Crippen LogP contribution in [0.4, 0.5) is 4.39 Å². The standard InChI is InChI=1S/C23H24ClFN2O3/c24-21-9-6-17(25)12-20(21)23(29)27-10-2-3-15(13-27)14-30-19-5-1-4-16(11-19)22(28)26-18-7-8-18/h1,4-6,9,11-12,15,18H,2-3,7-8,10,13-14H2,(H,26,28). The predicted molar refractivity (Wildman–Crippen MR) is 112 cm³/mol. The molecular formula is C23H24ClFN2O3. The summed E-state index contributed by atoms with van der Waals surface area (Å²) >= 11 is 6.09. The van der Waals surface area contributed by atoms with E-state index in [2.05, 4.69) is 5.32 Å². The number of nitrogens with zero attached hydrogens (tertiary/aromatic N) is 1. The van der Waals surface area contributed by atoms with E-state index in [-0.39, 0.29) is 28.3 Å². The largest absolute Gasteiger partial charge is 0.493 e. The minimum Gasteiger partial charge on any atom is -0.493 e. The molecule has 0 spiro atoms. The van der Waals surface area contributed by atoms with Crippen LogP contribution in [-0.4, -0.2) is 42.5 Å². The van der Waals surface area contributed by atoms with Crippen molar-refractivity contribution in [2.75, 3.05) is 19.7 Å². The second kappa shape index (κ2) is 9.04. The van der Waals surface area contributed by atoms with Crippen LogP contribution in [0.15, 0.2) is 42.5 Å². The highest BCUT2D eigenvalue weighted by Gasteiger charge is 2.27. The first kappa shape index (κ1) is 20.7. The minimum atomic E-state index is -0.481. The molecule has 7 heteroatoms. The zero-order valence-corrected chi connectivity index (χ0v) is 17.3. The van der Waals surface area contributed by atoms with Crippen LogP contribution in [0.25, 0.3) is 0 Å². The van der Waals surface area contributed by atoms with Gasteiger partial charge < -0.3 is 15.0 Å². The molecule has 1 aliphatic heterocycles. The lowest BCUT2D eigenvalue weighted by atomic mass is 9.98. The number of ether oxygens (including phenoxy) is 1. The van der Waals surface area contributed by atoms with Gasteiger partial charge in [0.15, 0.2) is 0 Å². The zero-order chi connectivity index (χ0) is 21.1. The highest BCUT2D eigenvalue weighted by atomic mass is 35.5. The van der Waals surface area contributed by atoms with Gasteiger partial charge >= 0.3 is 0 Å². The third kappa shape index (κ3) is 5.11. The van der Waals surface area contributed by atoms with Crippen molar-refractivity contribution < 1.29 is 18.7 Å². The predicted octanol–water partition coefficient (Wildman–Crippen LogP) is 4.30. The molecule has 0 aromatic heterocycles. The third-order valence-electron chi connectivity index (χ3n) is 5.46. The second-order valence-corrected chi connectivity index (χ2v) is 8.38. The molecule has 1 heterocycles. The molecule has 1 saturated carbocycles. The Hall–Kier alpha value is -2.60. The average Bonchev–Trinajstić information content (AvgIpc) is 3.58. The second-order valence-electron chi connectivity index (χ2n) is 7.97. The van der Waals surface area contributed by atoms with E-state index >= 15 is 0 Å². The molecule has 1 saturated heterocycles. The van der Waals surface area contributed by atoms with Crippen molar-refractivity contribution in [1.82, 2.24) is 10.2 Å². The Labute approximate surface area is 180 Å². The molecule has 2 aromatic carbocycles. The highest BCUT2D eigenvalue weighted by molar-refractivity contribution is 6.33. The smallest absolute Gasteiger partial charge is 0.255 e. The molecule has 2 aliphatic rings. The molecule has 2 fully saturated rings. The monoisotopic (exact) mass is 430 g/mol. The first-order chi connectivity index (χ1) is 14.5. The van der Waals surface area contributed by atoms with Gasteiger partial charge in [-0.05, 0) is 62.1 Å². The summed E-state index contributed by atoms with van der Waals surface area (Å²) in [5.41, 5.74) is 0.771. The molecular weight excluding hydrogens is 407 g/mol. The van der Waals surface area contributed by atoms with Gasteiger partial charge in [0.1, 0.15) is 11.6 Å². The van der Waals surface area contributed by atoms with Gasteiger partial charge in [-0.2, -0.15) is 0 Å². The van der Waals surface area contributed by atoms with Gasteiger partial charge in [-0.1, -0.05) is 17.7 Å². The number of likely N-dealkylation sites (tertiary alicyclic amines) is 1. The van der Waals surface area contributed by atoms with Gasteiger partial charge in [0.25, 0.3) is 11.8 Å². The van der Waals surface area contributed by atoms with E-state index in [0.29, 0.717) is 37.1 Å². The molecule has 1 N–H and O–H groups in total. The maximum Gasteiger partial charge on any atom is 0.255 e. The Morgan fingerprint density at radius 3 is 2.80 bits per heavy atom. The van der Waals surface area contributed by atoms with Gasteiger partial charge in [-0.15, -0.1) is 0 Å². The van der Waals surface area contributed by atoms with Crippen molar-refractivity contribution in [3.8, 4) is 5.75 Å². The quantitative estimate of drug-likeness (QED) is 0.743. The topological polar surface area (TPSA) is 58.6 Å². The number of carbonyl (C=O) groups is 2. The Morgan fingerprint density at radius 2 is 2.00 bits per heavy atom. The van der Waals surface area contributed by atoms with Crippen LogP contribution in [-0.2, 0) is 0 Å². The minimum absolute atomic E-state index is 0.0793. The van der Waals surface area contributed by atoms with Crippen molar-refractivity contribution in [3.63, 3.8) is 0 Å². The van der Waals surface area contributed by atoms with Gasteiger partial charge in [0.05, 0.1) is 17.2 Å². The maximum atomic E-state index is 13.5. The van der Waals surface area contributed by atoms with Crippen molar-refractivity contribution in [1.29, 1.82) is 0 Å². The molecule has 1 aliphatic carbocycles. The SMILES string of the molecule is O=C(NC1CC1)c1cccc(OCC2CCCN(C(=O)c3cc(F)ccc3Cl)C2)c1. The fourth-order valence-corrected chi connectivity index (χ4v) is 3.85. The van der Waals surface area contributed by atoms with Crippen LogP contribution in [0.5, 0.6) is 5.75 Å². The van der Waals surface area contributed by atoms with E-state index in [4.69, 9.17) is 16.3 Å². The molecule has 30 heavy (non-hydrogen) atoms. The van der Waals surface area contributed by atoms with Crippen molar-refractivity contribution >= 4 is 23.4 Å². The summed E-state index contributed by atoms with van der Waals surface area (Å²) in [5, 5.41) is 3.22. The first-order valence-corrected chi connectivity index (χ1v) is 10.7. The van der Waals surface area contributed by atoms with E-state index in [9.17, 15) is 14.0 Å². The van der Waals surface area contributed by atoms with E-state index in [1.54, 1.807) is 23.1 Å². The summed E-state index contributed by atoms with van der Waals surface area (Å²) in [6, 6.07) is 11.3. The van der Waals surface area contributed by atoms with Crippen molar-refractivity contribution in [2.45, 2.75) is 31.7 Å². The lowest BCUT2D eigenvalue weighted by molar-refractivity contribution is 0.0632. The molecule has 0 radical (unpaired) electrons. The molecule has 1 unspecified atom stereocenters. The van der Waals surface area contributed by atoms with E-state index in [0.717, 1.165) is 25.7 Å². The molecule has 2 aromatic rings. The van der Waals surface area contributed by atoms with E-state index < -0.39 is 5.82 Å². The number of piperidine rings is 1. The molecule has 158 valence electrons. The molecule has 2 amide bonds. The van der Waals surface area contributed by atoms with Gasteiger partial charge in [0.2, 0.25) is 0 Å². The zero-order valence-electron chi connectivity index (χ0n) is 16.6. The van der Waals surface area contributed by atoms with Gasteiger partial charge in [-0.3, -0.25) is 9.59 Å². The van der Waals surface area contributed by atoms with Crippen LogP contribution < -0.4 is 10.1 Å². The van der Waals surface area contributed by atoms with Crippen LogP contribution in [0.3, 0.4) is 0 Å². The third-order valence-corrected chi connectivity index (χ3v) is 5.79. The lowest BCUT2D eigenvalue weighted by Gasteiger charge is -2.33. The summed E-state index contributed by atoms with van der Waals surface area (Å²) in [6.07, 6.45) is 3.86. The molecule has 4 rings (SSSR count). The molecule has 0 bridgehead atoms. The maximum absolute atomic E-state index is 13.5. The number of hydrogen-bond donors (Lipinski definition) is 1. The fourth-order valence-electron chi connectivity index (χ4n) is 3.65. The number of carbonyl (C=O) groups excluding carboxylic acids is 2. The number of benzene rings is 2. The first-order valence-electron chi connectivity index (χ1n) is 10.3. The Morgan fingerprint density at radius 1 is 1.17 bits per heavy atom. The summed E-state index contributed by atoms with van der Waals surface area (Å²) in [6.45, 7) is 1.57. The molecule has 1 atom stereocenters.